The predicted molar refractivity (Wildman–Crippen MR) is 64.6 cm³/mol. The summed E-state index contributed by atoms with van der Waals surface area (Å²) in [6.07, 6.45) is 0.263. The first kappa shape index (κ1) is 14.9. The van der Waals surface area contributed by atoms with E-state index in [9.17, 15) is 17.6 Å². The summed E-state index contributed by atoms with van der Waals surface area (Å²) in [6, 6.07) is 2.62. The highest BCUT2D eigenvalue weighted by atomic mass is 35.7. The summed E-state index contributed by atoms with van der Waals surface area (Å²) >= 11 is 0. The fourth-order valence-electron chi connectivity index (χ4n) is 1.16. The van der Waals surface area contributed by atoms with Crippen LogP contribution in [0.4, 0.5) is 4.39 Å². The number of ether oxygens (including phenoxy) is 1. The van der Waals surface area contributed by atoms with E-state index in [1.807, 2.05) is 6.92 Å². The number of hydrogen-bond donors (Lipinski definition) is 0. The summed E-state index contributed by atoms with van der Waals surface area (Å²) in [5, 5.41) is 0. The van der Waals surface area contributed by atoms with Crippen molar-refractivity contribution in [1.82, 2.24) is 0 Å². The van der Waals surface area contributed by atoms with Gasteiger partial charge in [-0.2, -0.15) is 0 Å². The fourth-order valence-corrected chi connectivity index (χ4v) is 1.94. The summed E-state index contributed by atoms with van der Waals surface area (Å²) in [4.78, 5) is 11.1. The van der Waals surface area contributed by atoms with Gasteiger partial charge >= 0.3 is 5.97 Å². The van der Waals surface area contributed by atoms with E-state index >= 15 is 0 Å². The van der Waals surface area contributed by atoms with E-state index in [2.05, 4.69) is 0 Å². The minimum Gasteiger partial charge on any atom is -0.459 e. The quantitative estimate of drug-likeness (QED) is 0.633. The Balaban J connectivity index is 3.11. The molecule has 0 bridgehead atoms. The standard InChI is InChI=1S/C11H12ClFO4S/c1-3-7(2)17-11(14)8-4-9(13)6-10(5-8)18(12,15)16/h4-7H,3H2,1-2H3. The van der Waals surface area contributed by atoms with Gasteiger partial charge in [-0.1, -0.05) is 6.92 Å². The van der Waals surface area contributed by atoms with Gasteiger partial charge in [0.25, 0.3) is 9.05 Å². The zero-order valence-electron chi connectivity index (χ0n) is 9.81. The molecule has 1 aromatic rings. The first-order chi connectivity index (χ1) is 8.24. The number of carbonyl (C=O) groups excluding carboxylic acids is 1. The van der Waals surface area contributed by atoms with Crippen molar-refractivity contribution in [2.24, 2.45) is 0 Å². The van der Waals surface area contributed by atoms with Gasteiger partial charge in [0.15, 0.2) is 0 Å². The molecule has 0 saturated heterocycles. The molecular weight excluding hydrogens is 283 g/mol. The Labute approximate surface area is 109 Å². The number of benzene rings is 1. The van der Waals surface area contributed by atoms with E-state index in [4.69, 9.17) is 15.4 Å². The largest absolute Gasteiger partial charge is 0.459 e. The molecule has 7 heteroatoms. The summed E-state index contributed by atoms with van der Waals surface area (Å²) in [7, 11) is 1.00. The highest BCUT2D eigenvalue weighted by Gasteiger charge is 2.18. The molecule has 4 nitrogen and oxygen atoms in total. The predicted octanol–water partition coefficient (Wildman–Crippen LogP) is 2.71. The summed E-state index contributed by atoms with van der Waals surface area (Å²) in [5.74, 6) is -1.65. The van der Waals surface area contributed by atoms with E-state index in [-0.39, 0.29) is 11.7 Å². The monoisotopic (exact) mass is 294 g/mol. The maximum Gasteiger partial charge on any atom is 0.338 e. The van der Waals surface area contributed by atoms with E-state index in [1.54, 1.807) is 6.92 Å². The Hall–Kier alpha value is -1.14. The van der Waals surface area contributed by atoms with Crippen molar-refractivity contribution < 1.29 is 22.3 Å². The third kappa shape index (κ3) is 3.96. The van der Waals surface area contributed by atoms with E-state index in [0.29, 0.717) is 6.42 Å². The second kappa shape index (κ2) is 5.67. The molecule has 1 unspecified atom stereocenters. The van der Waals surface area contributed by atoms with Crippen LogP contribution >= 0.6 is 10.7 Å². The van der Waals surface area contributed by atoms with Gasteiger partial charge in [-0.15, -0.1) is 0 Å². The third-order valence-corrected chi connectivity index (χ3v) is 3.60. The highest BCUT2D eigenvalue weighted by Crippen LogP contribution is 2.19. The first-order valence-electron chi connectivity index (χ1n) is 5.20. The molecule has 0 heterocycles. The Kier molecular flexibility index (Phi) is 4.70. The van der Waals surface area contributed by atoms with Crippen molar-refractivity contribution in [2.45, 2.75) is 31.3 Å². The molecule has 0 aliphatic rings. The maximum absolute atomic E-state index is 13.2. The second-order valence-electron chi connectivity index (χ2n) is 3.74. The summed E-state index contributed by atoms with van der Waals surface area (Å²) in [6.45, 7) is 3.49. The smallest absolute Gasteiger partial charge is 0.338 e. The third-order valence-electron chi connectivity index (χ3n) is 2.27. The molecule has 0 radical (unpaired) electrons. The van der Waals surface area contributed by atoms with Crippen LogP contribution in [0.1, 0.15) is 30.6 Å². The lowest BCUT2D eigenvalue weighted by atomic mass is 10.2. The lowest BCUT2D eigenvalue weighted by molar-refractivity contribution is 0.0333. The topological polar surface area (TPSA) is 60.4 Å². The van der Waals surface area contributed by atoms with Gasteiger partial charge in [0, 0.05) is 10.7 Å². The van der Waals surface area contributed by atoms with Gasteiger partial charge in [-0.25, -0.2) is 17.6 Å². The van der Waals surface area contributed by atoms with Crippen LogP contribution in [-0.2, 0) is 13.8 Å². The number of esters is 1. The molecule has 0 aliphatic carbocycles. The van der Waals surface area contributed by atoms with Crippen molar-refractivity contribution >= 4 is 25.7 Å². The minimum atomic E-state index is -4.09. The number of rotatable bonds is 4. The van der Waals surface area contributed by atoms with Crippen molar-refractivity contribution in [1.29, 1.82) is 0 Å². The number of hydrogen-bond acceptors (Lipinski definition) is 4. The van der Waals surface area contributed by atoms with Crippen molar-refractivity contribution in [2.75, 3.05) is 0 Å². The highest BCUT2D eigenvalue weighted by molar-refractivity contribution is 8.13. The van der Waals surface area contributed by atoms with Gasteiger partial charge in [0.1, 0.15) is 5.82 Å². The fraction of sp³-hybridized carbons (Fsp3) is 0.364. The van der Waals surface area contributed by atoms with Gasteiger partial charge in [-0.05, 0) is 31.5 Å². The van der Waals surface area contributed by atoms with E-state index in [1.165, 1.54) is 0 Å². The minimum absolute atomic E-state index is 0.186. The van der Waals surface area contributed by atoms with Gasteiger partial charge in [0.2, 0.25) is 0 Å². The van der Waals surface area contributed by atoms with E-state index in [0.717, 1.165) is 18.2 Å². The van der Waals surface area contributed by atoms with Crippen LogP contribution in [0, 0.1) is 5.82 Å². The normalized spacial score (nSPS) is 13.1. The van der Waals surface area contributed by atoms with Crippen molar-refractivity contribution in [3.8, 4) is 0 Å². The van der Waals surface area contributed by atoms with Gasteiger partial charge in [0.05, 0.1) is 16.6 Å². The van der Waals surface area contributed by atoms with Crippen LogP contribution in [0.15, 0.2) is 23.1 Å². The van der Waals surface area contributed by atoms with Gasteiger partial charge in [-0.3, -0.25) is 0 Å². The molecule has 1 aromatic carbocycles. The van der Waals surface area contributed by atoms with Crippen molar-refractivity contribution in [3.63, 3.8) is 0 Å². The van der Waals surface area contributed by atoms with Crippen LogP contribution in [0.2, 0.25) is 0 Å². The molecule has 0 fully saturated rings. The van der Waals surface area contributed by atoms with Crippen LogP contribution in [-0.4, -0.2) is 20.5 Å². The molecule has 0 aromatic heterocycles. The molecule has 100 valence electrons. The lowest BCUT2D eigenvalue weighted by Crippen LogP contribution is -2.14. The zero-order valence-corrected chi connectivity index (χ0v) is 11.4. The van der Waals surface area contributed by atoms with Gasteiger partial charge < -0.3 is 4.74 Å². The molecular formula is C11H12ClFO4S. The Morgan fingerprint density at radius 1 is 1.44 bits per heavy atom. The van der Waals surface area contributed by atoms with Crippen LogP contribution in [0.3, 0.4) is 0 Å². The average molecular weight is 295 g/mol. The molecule has 0 aliphatic heterocycles. The van der Waals surface area contributed by atoms with Crippen molar-refractivity contribution in [3.05, 3.63) is 29.6 Å². The molecule has 1 atom stereocenters. The Morgan fingerprint density at radius 2 is 2.06 bits per heavy atom. The van der Waals surface area contributed by atoms with Crippen LogP contribution in [0.25, 0.3) is 0 Å². The SMILES string of the molecule is CCC(C)OC(=O)c1cc(F)cc(S(=O)(=O)Cl)c1. The molecule has 0 spiro atoms. The summed E-state index contributed by atoms with van der Waals surface area (Å²) in [5.41, 5.74) is -0.186. The zero-order chi connectivity index (χ0) is 13.9. The molecule has 0 N–H and O–H groups in total. The molecule has 18 heavy (non-hydrogen) atoms. The first-order valence-corrected chi connectivity index (χ1v) is 7.51. The Morgan fingerprint density at radius 3 is 2.56 bits per heavy atom. The Bertz CT molecular complexity index is 556. The van der Waals surface area contributed by atoms with E-state index < -0.39 is 25.7 Å². The second-order valence-corrected chi connectivity index (χ2v) is 6.30. The average Bonchev–Trinajstić information content (AvgIpc) is 2.26. The summed E-state index contributed by atoms with van der Waals surface area (Å²) < 4.78 is 40.3. The lowest BCUT2D eigenvalue weighted by Gasteiger charge is -2.11. The van der Waals surface area contributed by atoms with Crippen LogP contribution in [0.5, 0.6) is 0 Å². The number of halogens is 2. The molecule has 1 rings (SSSR count). The molecule has 0 amide bonds. The molecule has 0 saturated carbocycles. The number of carbonyl (C=O) groups is 1. The maximum atomic E-state index is 13.2. The van der Waals surface area contributed by atoms with Crippen LogP contribution < -0.4 is 0 Å².